The van der Waals surface area contributed by atoms with E-state index in [1.807, 2.05) is 12.1 Å². The number of nitrogens with zero attached hydrogens (tertiary/aromatic N) is 1. The Hall–Kier alpha value is -3.67. The van der Waals surface area contributed by atoms with Gasteiger partial charge in [-0.05, 0) is 78.8 Å². The molecule has 0 bridgehead atoms. The first-order valence-electron chi connectivity index (χ1n) is 10.1. The van der Waals surface area contributed by atoms with E-state index in [1.165, 1.54) is 11.1 Å². The molecule has 3 aromatic rings. The Morgan fingerprint density at radius 2 is 1.93 bits per heavy atom. The van der Waals surface area contributed by atoms with Crippen molar-refractivity contribution in [1.82, 2.24) is 4.57 Å². The highest BCUT2D eigenvalue weighted by atomic mass is 16.2. The molecule has 0 radical (unpaired) electrons. The van der Waals surface area contributed by atoms with Gasteiger partial charge in [0, 0.05) is 17.6 Å². The summed E-state index contributed by atoms with van der Waals surface area (Å²) in [5.74, 6) is -0.512. The van der Waals surface area contributed by atoms with Crippen LogP contribution in [0.5, 0.6) is 0 Å². The summed E-state index contributed by atoms with van der Waals surface area (Å²) in [4.78, 5) is 37.9. The van der Waals surface area contributed by atoms with Crippen molar-refractivity contribution >= 4 is 23.2 Å². The SMILES string of the molecule is Cc1ccn(-c2cccc3c2CCC3)c(=O)c1C(=O)Nc1ccc2c(c1)CC(=O)N2. The monoisotopic (exact) mass is 399 g/mol. The highest BCUT2D eigenvalue weighted by molar-refractivity contribution is 6.06. The maximum Gasteiger partial charge on any atom is 0.268 e. The summed E-state index contributed by atoms with van der Waals surface area (Å²) in [6, 6.07) is 13.1. The van der Waals surface area contributed by atoms with Gasteiger partial charge in [-0.15, -0.1) is 0 Å². The number of carbonyl (C=O) groups excluding carboxylic acids is 2. The molecule has 150 valence electrons. The highest BCUT2D eigenvalue weighted by Crippen LogP contribution is 2.28. The van der Waals surface area contributed by atoms with Crippen molar-refractivity contribution in [3.8, 4) is 5.69 Å². The van der Waals surface area contributed by atoms with Crippen LogP contribution < -0.4 is 16.2 Å². The van der Waals surface area contributed by atoms with E-state index < -0.39 is 5.91 Å². The molecule has 0 unspecified atom stereocenters. The van der Waals surface area contributed by atoms with Gasteiger partial charge in [0.25, 0.3) is 11.5 Å². The molecule has 6 heteroatoms. The van der Waals surface area contributed by atoms with E-state index in [0.717, 1.165) is 36.2 Å². The zero-order valence-corrected chi connectivity index (χ0v) is 16.6. The predicted molar refractivity (Wildman–Crippen MR) is 116 cm³/mol. The Kier molecular flexibility index (Phi) is 4.28. The van der Waals surface area contributed by atoms with Crippen LogP contribution in [0.2, 0.25) is 0 Å². The van der Waals surface area contributed by atoms with E-state index in [1.54, 1.807) is 42.0 Å². The van der Waals surface area contributed by atoms with Gasteiger partial charge < -0.3 is 10.6 Å². The summed E-state index contributed by atoms with van der Waals surface area (Å²) in [5, 5.41) is 5.59. The van der Waals surface area contributed by atoms with Gasteiger partial charge in [-0.25, -0.2) is 0 Å². The third kappa shape index (κ3) is 3.01. The number of hydrogen-bond acceptors (Lipinski definition) is 3. The van der Waals surface area contributed by atoms with Crippen molar-refractivity contribution in [2.75, 3.05) is 10.6 Å². The minimum absolute atomic E-state index is 0.0642. The van der Waals surface area contributed by atoms with Gasteiger partial charge in [-0.1, -0.05) is 12.1 Å². The van der Waals surface area contributed by atoms with Gasteiger partial charge >= 0.3 is 0 Å². The Labute approximate surface area is 173 Å². The van der Waals surface area contributed by atoms with Crippen LogP contribution >= 0.6 is 0 Å². The van der Waals surface area contributed by atoms with Crippen LogP contribution in [0.3, 0.4) is 0 Å². The molecule has 6 nitrogen and oxygen atoms in total. The van der Waals surface area contributed by atoms with Crippen LogP contribution in [0.1, 0.15) is 39.0 Å². The summed E-state index contributed by atoms with van der Waals surface area (Å²) in [5.41, 5.74) is 5.89. The molecule has 30 heavy (non-hydrogen) atoms. The Morgan fingerprint density at radius 3 is 2.80 bits per heavy atom. The van der Waals surface area contributed by atoms with E-state index in [0.29, 0.717) is 11.3 Å². The van der Waals surface area contributed by atoms with E-state index in [4.69, 9.17) is 0 Å². The number of anilines is 2. The third-order valence-corrected chi connectivity index (χ3v) is 5.90. The number of amides is 2. The molecule has 2 heterocycles. The fourth-order valence-electron chi connectivity index (χ4n) is 4.42. The minimum Gasteiger partial charge on any atom is -0.326 e. The van der Waals surface area contributed by atoms with Crippen molar-refractivity contribution < 1.29 is 9.59 Å². The number of carbonyl (C=O) groups is 2. The minimum atomic E-state index is -0.448. The highest BCUT2D eigenvalue weighted by Gasteiger charge is 2.22. The predicted octanol–water partition coefficient (Wildman–Crippen LogP) is 3.38. The fourth-order valence-corrected chi connectivity index (χ4v) is 4.42. The number of rotatable bonds is 3. The summed E-state index contributed by atoms with van der Waals surface area (Å²) in [6.07, 6.45) is 5.07. The number of pyridine rings is 1. The quantitative estimate of drug-likeness (QED) is 0.709. The molecular weight excluding hydrogens is 378 g/mol. The first-order valence-corrected chi connectivity index (χ1v) is 10.1. The number of nitrogens with one attached hydrogen (secondary N) is 2. The summed E-state index contributed by atoms with van der Waals surface area (Å²) >= 11 is 0. The Morgan fingerprint density at radius 1 is 1.07 bits per heavy atom. The normalized spacial score (nSPS) is 14.2. The molecule has 0 saturated carbocycles. The standard InChI is InChI=1S/C24H21N3O3/c1-14-10-11-27(20-7-3-5-15-4-2-6-18(15)20)24(30)22(14)23(29)25-17-8-9-19-16(12-17)13-21(28)26-19/h3,5,7-12H,2,4,6,13H2,1H3,(H,25,29)(H,26,28). The maximum atomic E-state index is 13.3. The number of aryl methyl sites for hydroxylation is 2. The average molecular weight is 399 g/mol. The van der Waals surface area contributed by atoms with Crippen LogP contribution in [-0.4, -0.2) is 16.4 Å². The Balaban J connectivity index is 1.51. The topological polar surface area (TPSA) is 80.2 Å². The molecule has 0 spiro atoms. The van der Waals surface area contributed by atoms with Crippen LogP contribution in [0.4, 0.5) is 11.4 Å². The third-order valence-electron chi connectivity index (χ3n) is 5.90. The lowest BCUT2D eigenvalue weighted by molar-refractivity contribution is -0.115. The molecule has 2 amide bonds. The molecule has 5 rings (SSSR count). The van der Waals surface area contributed by atoms with Crippen LogP contribution in [-0.2, 0) is 24.1 Å². The van der Waals surface area contributed by atoms with Crippen molar-refractivity contribution in [3.63, 3.8) is 0 Å². The van der Waals surface area contributed by atoms with Gasteiger partial charge in [0.05, 0.1) is 12.1 Å². The van der Waals surface area contributed by atoms with Gasteiger partial charge in [0.15, 0.2) is 0 Å². The first kappa shape index (κ1) is 18.4. The lowest BCUT2D eigenvalue weighted by Gasteiger charge is -2.14. The van der Waals surface area contributed by atoms with E-state index >= 15 is 0 Å². The van der Waals surface area contributed by atoms with E-state index in [2.05, 4.69) is 16.7 Å². The number of fused-ring (bicyclic) bond motifs is 2. The molecule has 0 fully saturated rings. The van der Waals surface area contributed by atoms with Gasteiger partial charge in [-0.3, -0.25) is 19.0 Å². The number of benzene rings is 2. The molecule has 1 aliphatic heterocycles. The maximum absolute atomic E-state index is 13.3. The number of hydrogen-bond donors (Lipinski definition) is 2. The Bertz CT molecular complexity index is 1270. The summed E-state index contributed by atoms with van der Waals surface area (Å²) in [6.45, 7) is 1.77. The molecule has 2 N–H and O–H groups in total. The first-order chi connectivity index (χ1) is 14.5. The zero-order valence-electron chi connectivity index (χ0n) is 16.6. The molecule has 2 aromatic carbocycles. The van der Waals surface area contributed by atoms with Crippen LogP contribution in [0, 0.1) is 6.92 Å². The summed E-state index contributed by atoms with van der Waals surface area (Å²) in [7, 11) is 0. The lowest BCUT2D eigenvalue weighted by Crippen LogP contribution is -2.29. The fraction of sp³-hybridized carbons (Fsp3) is 0.208. The number of aromatic nitrogens is 1. The molecule has 1 aromatic heterocycles. The van der Waals surface area contributed by atoms with Gasteiger partial charge in [0.2, 0.25) is 5.91 Å². The second-order valence-electron chi connectivity index (χ2n) is 7.87. The van der Waals surface area contributed by atoms with Gasteiger partial charge in [-0.2, -0.15) is 0 Å². The van der Waals surface area contributed by atoms with Crippen molar-refractivity contribution in [2.45, 2.75) is 32.6 Å². The smallest absolute Gasteiger partial charge is 0.268 e. The second kappa shape index (κ2) is 6.99. The van der Waals surface area contributed by atoms with Crippen LogP contribution in [0.25, 0.3) is 5.69 Å². The largest absolute Gasteiger partial charge is 0.326 e. The van der Waals surface area contributed by atoms with Crippen LogP contribution in [0.15, 0.2) is 53.5 Å². The van der Waals surface area contributed by atoms with Crippen molar-refractivity contribution in [1.29, 1.82) is 0 Å². The molecule has 2 aliphatic rings. The molecule has 1 aliphatic carbocycles. The molecule has 0 saturated heterocycles. The lowest BCUT2D eigenvalue weighted by atomic mass is 10.1. The zero-order chi connectivity index (χ0) is 20.8. The molecular formula is C24H21N3O3. The van der Waals surface area contributed by atoms with E-state index in [-0.39, 0.29) is 23.5 Å². The van der Waals surface area contributed by atoms with Gasteiger partial charge in [0.1, 0.15) is 5.56 Å². The van der Waals surface area contributed by atoms with E-state index in [9.17, 15) is 14.4 Å². The molecule has 0 atom stereocenters. The van der Waals surface area contributed by atoms with Crippen molar-refractivity contribution in [2.24, 2.45) is 0 Å². The average Bonchev–Trinajstić information content (AvgIpc) is 3.33. The summed E-state index contributed by atoms with van der Waals surface area (Å²) < 4.78 is 1.58. The van der Waals surface area contributed by atoms with Crippen molar-refractivity contribution in [3.05, 3.63) is 86.8 Å². The second-order valence-corrected chi connectivity index (χ2v) is 7.87.